The van der Waals surface area contributed by atoms with Gasteiger partial charge in [0.05, 0.1) is 0 Å². The predicted molar refractivity (Wildman–Crippen MR) is 153 cm³/mol. The molecule has 39 heavy (non-hydrogen) atoms. The quantitative estimate of drug-likeness (QED) is 0.0687. The summed E-state index contributed by atoms with van der Waals surface area (Å²) in [4.78, 5) is 48.2. The number of primary amides is 1. The Morgan fingerprint density at radius 1 is 0.641 bits per heavy atom. The number of nitrogens with one attached hydrogen (secondary N) is 2. The van der Waals surface area contributed by atoms with E-state index in [1.54, 1.807) is 0 Å². The van der Waals surface area contributed by atoms with Crippen LogP contribution in [0, 0.1) is 0 Å². The van der Waals surface area contributed by atoms with Crippen LogP contribution in [-0.2, 0) is 19.2 Å². The number of carbonyl (C=O) groups excluding carboxylic acids is 3. The number of hydrogen-bond donors (Lipinski definition) is 4. The van der Waals surface area contributed by atoms with Crippen LogP contribution in [-0.4, -0.2) is 40.0 Å². The molecule has 224 valence electrons. The van der Waals surface area contributed by atoms with E-state index in [0.717, 1.165) is 43.6 Å². The van der Waals surface area contributed by atoms with Crippen LogP contribution in [0.3, 0.4) is 0 Å². The van der Waals surface area contributed by atoms with E-state index >= 15 is 0 Å². The molecule has 0 aromatic carbocycles. The molecule has 0 saturated heterocycles. The molecule has 0 fully saturated rings. The number of amides is 3. The average Bonchev–Trinajstić information content (AvgIpc) is 2.86. The van der Waals surface area contributed by atoms with Crippen molar-refractivity contribution in [2.24, 2.45) is 5.73 Å². The fourth-order valence-electron chi connectivity index (χ4n) is 4.40. The number of carbonyl (C=O) groups is 4. The fourth-order valence-corrected chi connectivity index (χ4v) is 4.40. The summed E-state index contributed by atoms with van der Waals surface area (Å²) in [5.41, 5.74) is 10.3. The Morgan fingerprint density at radius 3 is 1.28 bits per heavy atom. The molecule has 0 aliphatic rings. The molecule has 1 atom stereocenters. The van der Waals surface area contributed by atoms with E-state index < -0.39 is 17.9 Å². The van der Waals surface area contributed by atoms with Crippen molar-refractivity contribution in [2.75, 3.05) is 0 Å². The van der Waals surface area contributed by atoms with Crippen molar-refractivity contribution in [3.63, 3.8) is 0 Å². The van der Waals surface area contributed by atoms with Gasteiger partial charge in [-0.15, -0.1) is 5.12 Å². The molecule has 5 N–H and O–H groups in total. The van der Waals surface area contributed by atoms with Crippen LogP contribution >= 0.6 is 0 Å². The summed E-state index contributed by atoms with van der Waals surface area (Å²) in [6, 6.07) is -1.29. The summed E-state index contributed by atoms with van der Waals surface area (Å²) >= 11 is 0. The van der Waals surface area contributed by atoms with Crippen molar-refractivity contribution >= 4 is 23.7 Å². The van der Waals surface area contributed by atoms with E-state index in [4.69, 9.17) is 5.73 Å². The fraction of sp³-hybridized carbons (Fsp3) is 0.862. The number of nitrogens with two attached hydrogens (primary N) is 1. The van der Waals surface area contributed by atoms with Gasteiger partial charge in [0.2, 0.25) is 17.7 Å². The monoisotopic (exact) mass is 564 g/mol. The standard InChI is InChI=1S/C29H56N4O5.Na.H/c1-3-5-7-9-11-13-15-17-19-21-27(35)31-33(25(29(37)38)23-24-26(30)34)32-28(36)22-20-18-16-14-12-10-8-6-4-2;;/h25H,3-24H2,1-2H3,(H2,30,34)(H,31,35)(H,32,36)(H,37,38);;/q;+1;-1. The van der Waals surface area contributed by atoms with E-state index in [-0.39, 0.29) is 68.5 Å². The number of carboxylic acid groups (broad SMARTS) is 1. The van der Waals surface area contributed by atoms with Crippen molar-refractivity contribution in [1.29, 1.82) is 0 Å². The Kier molecular flexibility index (Phi) is 29.1. The third-order valence-electron chi connectivity index (χ3n) is 6.77. The van der Waals surface area contributed by atoms with Gasteiger partial charge in [-0.05, 0) is 19.3 Å². The number of unbranched alkanes of at least 4 members (excludes halogenated alkanes) is 16. The minimum Gasteiger partial charge on any atom is -1.00 e. The van der Waals surface area contributed by atoms with Gasteiger partial charge in [0.15, 0.2) is 0 Å². The van der Waals surface area contributed by atoms with Crippen LogP contribution < -0.4 is 46.1 Å². The van der Waals surface area contributed by atoms with Crippen molar-refractivity contribution in [3.8, 4) is 0 Å². The summed E-state index contributed by atoms with van der Waals surface area (Å²) < 4.78 is 0. The van der Waals surface area contributed by atoms with Crippen LogP contribution in [0.15, 0.2) is 0 Å². The molecular formula is C29H57N4NaO5. The van der Waals surface area contributed by atoms with Gasteiger partial charge in [-0.2, -0.15) is 0 Å². The van der Waals surface area contributed by atoms with E-state index in [2.05, 4.69) is 24.7 Å². The van der Waals surface area contributed by atoms with Crippen LogP contribution in [0.25, 0.3) is 0 Å². The van der Waals surface area contributed by atoms with E-state index in [9.17, 15) is 24.3 Å². The van der Waals surface area contributed by atoms with Crippen molar-refractivity contribution in [3.05, 3.63) is 0 Å². The zero-order valence-electron chi connectivity index (χ0n) is 26.2. The molecule has 0 rings (SSSR count). The topological polar surface area (TPSA) is 142 Å². The molecule has 0 aliphatic heterocycles. The SMILES string of the molecule is CCCCCCCCCCCC(=O)NN(NC(=O)CCCCCCCCCCC)C(CCC(N)=O)C(=O)O.[H-].[Na+]. The van der Waals surface area contributed by atoms with Crippen LogP contribution in [0.1, 0.15) is 157 Å². The molecule has 3 amide bonds. The number of rotatable bonds is 27. The second-order valence-electron chi connectivity index (χ2n) is 10.5. The minimum atomic E-state index is -1.29. The van der Waals surface area contributed by atoms with Crippen LogP contribution in [0.4, 0.5) is 0 Å². The number of aliphatic carboxylic acids is 1. The molecule has 9 nitrogen and oxygen atoms in total. The summed E-state index contributed by atoms with van der Waals surface area (Å²) in [7, 11) is 0. The van der Waals surface area contributed by atoms with E-state index in [0.29, 0.717) is 12.8 Å². The number of carboxylic acids is 1. The van der Waals surface area contributed by atoms with Crippen molar-refractivity contribution in [2.45, 2.75) is 161 Å². The van der Waals surface area contributed by atoms with Gasteiger partial charge in [-0.25, -0.2) is 0 Å². The Labute approximate surface area is 260 Å². The molecule has 10 heteroatoms. The maximum absolute atomic E-state index is 12.5. The van der Waals surface area contributed by atoms with Gasteiger partial charge >= 0.3 is 35.5 Å². The third kappa shape index (κ3) is 25.5. The number of hydrazine groups is 2. The first kappa shape index (κ1) is 40.0. The molecule has 0 bridgehead atoms. The van der Waals surface area contributed by atoms with Gasteiger partial charge in [0.25, 0.3) is 0 Å². The molecule has 1 unspecified atom stereocenters. The second kappa shape index (κ2) is 28.4. The van der Waals surface area contributed by atoms with E-state index in [1.807, 2.05) is 0 Å². The zero-order chi connectivity index (χ0) is 28.4. The summed E-state index contributed by atoms with van der Waals surface area (Å²) in [5.74, 6) is -2.61. The molecule has 0 radical (unpaired) electrons. The maximum atomic E-state index is 12.5. The van der Waals surface area contributed by atoms with Crippen molar-refractivity contribution in [1.82, 2.24) is 16.0 Å². The smallest absolute Gasteiger partial charge is 1.00 e. The molecule has 0 spiro atoms. The Morgan fingerprint density at radius 2 is 0.974 bits per heavy atom. The Bertz CT molecular complexity index is 622. The average molecular weight is 565 g/mol. The van der Waals surface area contributed by atoms with Gasteiger partial charge in [0.1, 0.15) is 6.04 Å². The summed E-state index contributed by atoms with van der Waals surface area (Å²) in [6.45, 7) is 4.40. The van der Waals surface area contributed by atoms with Gasteiger partial charge in [0, 0.05) is 19.3 Å². The predicted octanol–water partition coefficient (Wildman–Crippen LogP) is 3.03. The minimum absolute atomic E-state index is 0. The van der Waals surface area contributed by atoms with Crippen LogP contribution in [0.5, 0.6) is 0 Å². The zero-order valence-corrected chi connectivity index (χ0v) is 27.2. The molecule has 0 saturated carbocycles. The summed E-state index contributed by atoms with van der Waals surface area (Å²) in [5, 5.41) is 10.6. The Hall–Kier alpha value is -1.16. The van der Waals surface area contributed by atoms with Crippen LogP contribution in [0.2, 0.25) is 0 Å². The van der Waals surface area contributed by atoms with Gasteiger partial charge in [-0.1, -0.05) is 117 Å². The molecule has 0 aliphatic carbocycles. The maximum Gasteiger partial charge on any atom is 1.00 e. The van der Waals surface area contributed by atoms with Gasteiger partial charge < -0.3 is 12.3 Å². The number of nitrogens with zero attached hydrogens (tertiary/aromatic N) is 1. The van der Waals surface area contributed by atoms with E-state index in [1.165, 1.54) is 64.2 Å². The largest absolute Gasteiger partial charge is 1.00 e. The first-order valence-corrected chi connectivity index (χ1v) is 15.2. The summed E-state index contributed by atoms with van der Waals surface area (Å²) in [6.07, 6.45) is 20.4. The number of hydrogen-bond acceptors (Lipinski definition) is 5. The first-order chi connectivity index (χ1) is 18.3. The molecule has 0 aromatic rings. The molecule has 0 heterocycles. The third-order valence-corrected chi connectivity index (χ3v) is 6.77. The van der Waals surface area contributed by atoms with Crippen molar-refractivity contribution < 1.29 is 55.3 Å². The normalized spacial score (nSPS) is 11.6. The Balaban J connectivity index is -0.00000684. The molecular weight excluding hydrogens is 507 g/mol. The van der Waals surface area contributed by atoms with Gasteiger partial charge in [-0.3, -0.25) is 30.0 Å². The second-order valence-corrected chi connectivity index (χ2v) is 10.5. The molecule has 0 aromatic heterocycles. The first-order valence-electron chi connectivity index (χ1n) is 15.2.